The molecule has 1 unspecified atom stereocenters. The highest BCUT2D eigenvalue weighted by atomic mass is 19.3. The highest BCUT2D eigenvalue weighted by Crippen LogP contribution is 2.20. The molecule has 2 aromatic rings. The van der Waals surface area contributed by atoms with Gasteiger partial charge in [-0.05, 0) is 62.8 Å². The van der Waals surface area contributed by atoms with Gasteiger partial charge in [0.05, 0.1) is 6.54 Å². The average molecular weight is 449 g/mol. The Balaban J connectivity index is 1.46. The lowest BCUT2D eigenvalue weighted by atomic mass is 10.1. The summed E-state index contributed by atoms with van der Waals surface area (Å²) >= 11 is 0. The summed E-state index contributed by atoms with van der Waals surface area (Å²) in [6.07, 6.45) is 5.04. The number of nitrogens with one attached hydrogen (secondary N) is 2. The fourth-order valence-electron chi connectivity index (χ4n) is 3.76. The molecule has 1 aliphatic heterocycles. The molecule has 0 saturated heterocycles. The molecule has 1 atom stereocenters. The molecule has 0 aliphatic carbocycles. The van der Waals surface area contributed by atoms with Gasteiger partial charge in [0.1, 0.15) is 24.0 Å². The summed E-state index contributed by atoms with van der Waals surface area (Å²) in [6, 6.07) is 4.80. The van der Waals surface area contributed by atoms with Crippen LogP contribution < -0.4 is 10.6 Å². The Bertz CT molecular complexity index is 856. The Morgan fingerprint density at radius 3 is 2.88 bits per heavy atom. The van der Waals surface area contributed by atoms with Crippen molar-refractivity contribution in [3.05, 3.63) is 42.0 Å². The summed E-state index contributed by atoms with van der Waals surface area (Å²) in [7, 11) is 0. The van der Waals surface area contributed by atoms with Gasteiger partial charge in [-0.15, -0.1) is 0 Å². The monoisotopic (exact) mass is 448 g/mol. The summed E-state index contributed by atoms with van der Waals surface area (Å²) in [6.45, 7) is 1.30. The second-order valence-corrected chi connectivity index (χ2v) is 7.91. The second kappa shape index (κ2) is 12.2. The van der Waals surface area contributed by atoms with Gasteiger partial charge in [0, 0.05) is 25.0 Å². The molecule has 32 heavy (non-hydrogen) atoms. The van der Waals surface area contributed by atoms with E-state index in [4.69, 9.17) is 0 Å². The molecule has 8 nitrogen and oxygen atoms in total. The lowest BCUT2D eigenvalue weighted by Crippen LogP contribution is -2.37. The van der Waals surface area contributed by atoms with Crippen LogP contribution in [0.3, 0.4) is 0 Å². The van der Waals surface area contributed by atoms with Crippen LogP contribution in [0.4, 0.5) is 20.4 Å². The molecule has 1 aliphatic rings. The number of carbonyl (C=O) groups is 1. The van der Waals surface area contributed by atoms with Gasteiger partial charge >= 0.3 is 5.97 Å². The van der Waals surface area contributed by atoms with Crippen LogP contribution in [0.15, 0.2) is 30.7 Å². The first kappa shape index (κ1) is 23.8. The topological polar surface area (TPSA) is 103 Å². The van der Waals surface area contributed by atoms with Crippen LogP contribution in [0.2, 0.25) is 0 Å². The molecular weight excluding hydrogens is 418 g/mol. The Morgan fingerprint density at radius 1 is 1.25 bits per heavy atom. The van der Waals surface area contributed by atoms with E-state index in [9.17, 15) is 18.7 Å². The van der Waals surface area contributed by atoms with Gasteiger partial charge in [0.25, 0.3) is 6.43 Å². The fraction of sp³-hybridized carbons (Fsp3) is 0.545. The van der Waals surface area contributed by atoms with Crippen LogP contribution >= 0.6 is 0 Å². The lowest BCUT2D eigenvalue weighted by molar-refractivity contribution is -0.138. The van der Waals surface area contributed by atoms with Gasteiger partial charge in [-0.3, -0.25) is 4.90 Å². The zero-order chi connectivity index (χ0) is 22.8. The van der Waals surface area contributed by atoms with Gasteiger partial charge in [-0.1, -0.05) is 6.07 Å². The van der Waals surface area contributed by atoms with Gasteiger partial charge in [0.2, 0.25) is 0 Å². The van der Waals surface area contributed by atoms with Gasteiger partial charge in [-0.2, -0.15) is 0 Å². The normalized spacial score (nSPS) is 14.1. The largest absolute Gasteiger partial charge is 0.480 e. The molecule has 3 heterocycles. The summed E-state index contributed by atoms with van der Waals surface area (Å²) in [5.41, 5.74) is 2.24. The van der Waals surface area contributed by atoms with Crippen molar-refractivity contribution in [2.45, 2.75) is 51.0 Å². The van der Waals surface area contributed by atoms with E-state index in [1.165, 1.54) is 18.1 Å². The van der Waals surface area contributed by atoms with Gasteiger partial charge < -0.3 is 15.7 Å². The number of hydrogen-bond acceptors (Lipinski definition) is 7. The highest BCUT2D eigenvalue weighted by Gasteiger charge is 2.20. The van der Waals surface area contributed by atoms with Crippen molar-refractivity contribution in [3.63, 3.8) is 0 Å². The Hall–Kier alpha value is -2.88. The van der Waals surface area contributed by atoms with Crippen LogP contribution in [0.25, 0.3) is 0 Å². The number of unbranched alkanes of at least 4 members (excludes halogenated alkanes) is 1. The zero-order valence-electron chi connectivity index (χ0n) is 18.0. The number of carboxylic acid groups (broad SMARTS) is 1. The van der Waals surface area contributed by atoms with Crippen molar-refractivity contribution in [1.29, 1.82) is 0 Å². The maximum absolute atomic E-state index is 13.0. The van der Waals surface area contributed by atoms with Crippen molar-refractivity contribution in [2.75, 3.05) is 36.8 Å². The van der Waals surface area contributed by atoms with E-state index in [0.717, 1.165) is 50.2 Å². The van der Waals surface area contributed by atoms with Crippen molar-refractivity contribution in [3.8, 4) is 0 Å². The Kier molecular flexibility index (Phi) is 9.09. The molecule has 0 amide bonds. The van der Waals surface area contributed by atoms with E-state index in [1.54, 1.807) is 11.0 Å². The predicted octanol–water partition coefficient (Wildman–Crippen LogP) is 3.07. The third-order valence-corrected chi connectivity index (χ3v) is 5.44. The number of carboxylic acids is 1. The van der Waals surface area contributed by atoms with Crippen LogP contribution in [0, 0.1) is 0 Å². The summed E-state index contributed by atoms with van der Waals surface area (Å²) in [5, 5.41) is 15.6. The van der Waals surface area contributed by atoms with Gasteiger partial charge in [-0.25, -0.2) is 28.5 Å². The smallest absolute Gasteiger partial charge is 0.326 e. The van der Waals surface area contributed by atoms with Crippen molar-refractivity contribution >= 4 is 17.6 Å². The van der Waals surface area contributed by atoms with Crippen LogP contribution in [0.1, 0.15) is 36.9 Å². The number of aryl methyl sites for hydroxylation is 2. The molecule has 10 heteroatoms. The number of halogens is 2. The number of alkyl halides is 2. The van der Waals surface area contributed by atoms with Crippen molar-refractivity contribution in [1.82, 2.24) is 19.9 Å². The molecule has 0 fully saturated rings. The van der Waals surface area contributed by atoms with E-state index in [2.05, 4.69) is 31.7 Å². The van der Waals surface area contributed by atoms with E-state index < -0.39 is 18.4 Å². The minimum atomic E-state index is -2.47. The number of nitrogens with zero attached hydrogens (tertiary/aromatic N) is 4. The van der Waals surface area contributed by atoms with E-state index >= 15 is 0 Å². The minimum Gasteiger partial charge on any atom is -0.480 e. The quantitative estimate of drug-likeness (QED) is 0.402. The minimum absolute atomic E-state index is 0.185. The van der Waals surface area contributed by atoms with Gasteiger partial charge in [0.15, 0.2) is 0 Å². The molecule has 174 valence electrons. The molecule has 0 saturated carbocycles. The zero-order valence-corrected chi connectivity index (χ0v) is 18.0. The number of hydrogen-bond donors (Lipinski definition) is 3. The maximum atomic E-state index is 13.0. The fourth-order valence-corrected chi connectivity index (χ4v) is 3.76. The molecule has 0 bridgehead atoms. The predicted molar refractivity (Wildman–Crippen MR) is 118 cm³/mol. The molecule has 3 rings (SSSR count). The standard InChI is InChI=1S/C22H30F2N6O2/c23-19(24)14-30(13-9-18(22(31)32)29-20-8-11-25-15-27-20)12-2-1-5-17-7-6-16-4-3-10-26-21(16)28-17/h6-8,11,15,18-19H,1-5,9-10,12-14H2,(H,26,28)(H,31,32)(H,25,27,29). The average Bonchev–Trinajstić information content (AvgIpc) is 2.79. The SMILES string of the molecule is O=C(O)C(CCN(CCCCc1ccc2c(n1)NCCC2)CC(F)F)Nc1ccncn1. The Morgan fingerprint density at radius 2 is 2.12 bits per heavy atom. The lowest BCUT2D eigenvalue weighted by Gasteiger charge is -2.24. The summed E-state index contributed by atoms with van der Waals surface area (Å²) in [5.74, 6) is 0.302. The van der Waals surface area contributed by atoms with Crippen LogP contribution in [-0.4, -0.2) is 69.6 Å². The molecule has 0 spiro atoms. The first-order chi connectivity index (χ1) is 15.5. The number of rotatable bonds is 13. The Labute approximate surface area is 186 Å². The van der Waals surface area contributed by atoms with Crippen LogP contribution in [-0.2, 0) is 17.6 Å². The highest BCUT2D eigenvalue weighted by molar-refractivity contribution is 5.76. The van der Waals surface area contributed by atoms with Crippen molar-refractivity contribution < 1.29 is 18.7 Å². The molecule has 0 aromatic carbocycles. The van der Waals surface area contributed by atoms with E-state index in [1.807, 2.05) is 6.07 Å². The number of fused-ring (bicyclic) bond motifs is 1. The third-order valence-electron chi connectivity index (χ3n) is 5.44. The number of pyridine rings is 1. The number of anilines is 2. The maximum Gasteiger partial charge on any atom is 0.326 e. The summed E-state index contributed by atoms with van der Waals surface area (Å²) in [4.78, 5) is 25.6. The van der Waals surface area contributed by atoms with E-state index in [0.29, 0.717) is 12.4 Å². The molecular formula is C22H30F2N6O2. The molecule has 3 N–H and O–H groups in total. The molecule has 2 aromatic heterocycles. The third kappa shape index (κ3) is 7.67. The first-order valence-electron chi connectivity index (χ1n) is 11.0. The second-order valence-electron chi connectivity index (χ2n) is 7.91. The van der Waals surface area contributed by atoms with Crippen LogP contribution in [0.5, 0.6) is 0 Å². The number of aromatic nitrogens is 3. The summed E-state index contributed by atoms with van der Waals surface area (Å²) < 4.78 is 26.1. The van der Waals surface area contributed by atoms with E-state index in [-0.39, 0.29) is 19.5 Å². The van der Waals surface area contributed by atoms with Crippen molar-refractivity contribution in [2.24, 2.45) is 0 Å². The molecule has 0 radical (unpaired) electrons. The number of aliphatic carboxylic acids is 1. The first-order valence-corrected chi connectivity index (χ1v) is 11.0.